The summed E-state index contributed by atoms with van der Waals surface area (Å²) in [5.41, 5.74) is 4.24. The first kappa shape index (κ1) is 29.2. The molecule has 1 aliphatic rings. The van der Waals surface area contributed by atoms with E-state index in [9.17, 15) is 9.90 Å². The molecule has 1 fully saturated rings. The van der Waals surface area contributed by atoms with Crippen molar-refractivity contribution in [2.75, 3.05) is 32.1 Å². The van der Waals surface area contributed by atoms with Crippen molar-refractivity contribution in [2.24, 2.45) is 0 Å². The number of carboxylic acid groups (broad SMARTS) is 1. The summed E-state index contributed by atoms with van der Waals surface area (Å²) < 4.78 is 7.22. The summed E-state index contributed by atoms with van der Waals surface area (Å²) in [4.78, 5) is 31.0. The monoisotopic (exact) mass is 593 g/mol. The maximum Gasteiger partial charge on any atom is 0.307 e. The van der Waals surface area contributed by atoms with E-state index in [0.717, 1.165) is 69.1 Å². The normalized spacial score (nSPS) is 14.7. The molecule has 0 radical (unpaired) electrons. The van der Waals surface area contributed by atoms with E-state index in [1.54, 1.807) is 12.3 Å². The number of piperidine rings is 1. The van der Waals surface area contributed by atoms with Gasteiger partial charge in [0.25, 0.3) is 0 Å². The van der Waals surface area contributed by atoms with E-state index in [4.69, 9.17) is 26.3 Å². The molecule has 0 amide bonds. The van der Waals surface area contributed by atoms with Crippen LogP contribution in [0.5, 0.6) is 5.75 Å². The number of rotatable bonds is 7. The predicted octanol–water partition coefficient (Wildman–Crippen LogP) is 6.72. The lowest BCUT2D eigenvalue weighted by Gasteiger charge is -2.35. The van der Waals surface area contributed by atoms with Crippen LogP contribution in [0.4, 0.5) is 5.95 Å². The quantitative estimate of drug-likeness (QED) is 0.253. The lowest BCUT2D eigenvalue weighted by Crippen LogP contribution is -2.42. The molecule has 1 N–H and O–H groups in total. The molecule has 0 bridgehead atoms. The van der Waals surface area contributed by atoms with Crippen LogP contribution in [0.1, 0.15) is 44.7 Å². The van der Waals surface area contributed by atoms with Crippen molar-refractivity contribution in [3.63, 3.8) is 0 Å². The van der Waals surface area contributed by atoms with E-state index in [1.165, 1.54) is 11.3 Å². The van der Waals surface area contributed by atoms with Crippen LogP contribution in [0.3, 0.4) is 0 Å². The van der Waals surface area contributed by atoms with Gasteiger partial charge in [0.1, 0.15) is 22.1 Å². The summed E-state index contributed by atoms with van der Waals surface area (Å²) in [6, 6.07) is 9.92. The van der Waals surface area contributed by atoms with E-state index in [-0.39, 0.29) is 6.42 Å². The number of anilines is 1. The van der Waals surface area contributed by atoms with Gasteiger partial charge in [-0.05, 0) is 96.1 Å². The van der Waals surface area contributed by atoms with Gasteiger partial charge in [-0.15, -0.1) is 11.3 Å². The Morgan fingerprint density at radius 3 is 2.56 bits per heavy atom. The summed E-state index contributed by atoms with van der Waals surface area (Å²) in [5.74, 6) is 0.411. The zero-order chi connectivity index (χ0) is 29.5. The Morgan fingerprint density at radius 2 is 1.90 bits per heavy atom. The highest BCUT2D eigenvalue weighted by molar-refractivity contribution is 7.22. The number of aliphatic carboxylic acids is 1. The van der Waals surface area contributed by atoms with Gasteiger partial charge in [-0.25, -0.2) is 15.0 Å². The maximum atomic E-state index is 12.0. The van der Waals surface area contributed by atoms with Crippen molar-refractivity contribution >= 4 is 45.1 Å². The summed E-state index contributed by atoms with van der Waals surface area (Å²) >= 11 is 7.89. The van der Waals surface area contributed by atoms with Crippen molar-refractivity contribution in [1.29, 1.82) is 0 Å². The molecule has 8 nitrogen and oxygen atoms in total. The number of aryl methyl sites for hydroxylation is 1. The van der Waals surface area contributed by atoms with Gasteiger partial charge in [-0.2, -0.15) is 0 Å². The second-order valence-electron chi connectivity index (χ2n) is 11.8. The zero-order valence-electron chi connectivity index (χ0n) is 24.4. The van der Waals surface area contributed by atoms with E-state index in [0.29, 0.717) is 22.8 Å². The van der Waals surface area contributed by atoms with Gasteiger partial charge in [0.05, 0.1) is 16.6 Å². The number of thiazole rings is 1. The van der Waals surface area contributed by atoms with Crippen molar-refractivity contribution in [1.82, 2.24) is 19.9 Å². The molecule has 0 aliphatic carbocycles. The number of fused-ring (bicyclic) bond motifs is 1. The third-order valence-electron chi connectivity index (χ3n) is 7.31. The Balaban J connectivity index is 1.62. The smallest absolute Gasteiger partial charge is 0.307 e. The molecule has 10 heteroatoms. The van der Waals surface area contributed by atoms with Gasteiger partial charge in [-0.3, -0.25) is 4.79 Å². The molecule has 0 atom stereocenters. The van der Waals surface area contributed by atoms with Gasteiger partial charge in [0.2, 0.25) is 5.95 Å². The van der Waals surface area contributed by atoms with Gasteiger partial charge in [-0.1, -0.05) is 11.6 Å². The summed E-state index contributed by atoms with van der Waals surface area (Å²) in [6.45, 7) is 9.66. The van der Waals surface area contributed by atoms with Crippen LogP contribution >= 0.6 is 22.9 Å². The van der Waals surface area contributed by atoms with E-state index < -0.39 is 11.6 Å². The molecule has 41 heavy (non-hydrogen) atoms. The third-order valence-corrected chi connectivity index (χ3v) is 8.65. The number of hydrogen-bond acceptors (Lipinski definition) is 8. The molecule has 216 valence electrons. The zero-order valence-corrected chi connectivity index (χ0v) is 25.9. The Bertz CT molecular complexity index is 1590. The number of carbonyl (C=O) groups is 1. The maximum absolute atomic E-state index is 12.0. The number of aromatic nitrogens is 3. The average molecular weight is 594 g/mol. The fraction of sp³-hybridized carbons (Fsp3) is 0.419. The molecule has 3 heterocycles. The predicted molar refractivity (Wildman–Crippen MR) is 166 cm³/mol. The number of nitrogens with zero attached hydrogens (tertiary/aromatic N) is 5. The van der Waals surface area contributed by atoms with Crippen LogP contribution in [0.25, 0.3) is 32.0 Å². The van der Waals surface area contributed by atoms with Gasteiger partial charge in [0, 0.05) is 41.5 Å². The Kier molecular flexibility index (Phi) is 8.23. The molecular weight excluding hydrogens is 558 g/mol. The second kappa shape index (κ2) is 11.5. The van der Waals surface area contributed by atoms with Crippen LogP contribution in [0, 0.1) is 6.92 Å². The van der Waals surface area contributed by atoms with Crippen molar-refractivity contribution in [3.05, 3.63) is 52.7 Å². The van der Waals surface area contributed by atoms with Crippen molar-refractivity contribution in [3.8, 4) is 27.6 Å². The van der Waals surface area contributed by atoms with E-state index >= 15 is 0 Å². The summed E-state index contributed by atoms with van der Waals surface area (Å²) in [7, 11) is 4.26. The van der Waals surface area contributed by atoms with E-state index in [1.807, 2.05) is 52.0 Å². The Hall–Kier alpha value is -3.27. The first-order valence-corrected chi connectivity index (χ1v) is 15.0. The van der Waals surface area contributed by atoms with E-state index in [2.05, 4.69) is 28.9 Å². The minimum Gasteiger partial charge on any atom is -0.487 e. The molecular formula is C31H36ClN5O3S. The first-order chi connectivity index (χ1) is 19.4. The summed E-state index contributed by atoms with van der Waals surface area (Å²) in [6.07, 6.45) is 3.80. The molecule has 1 aliphatic heterocycles. The highest BCUT2D eigenvalue weighted by Gasteiger charge is 2.25. The fourth-order valence-electron chi connectivity index (χ4n) is 5.33. The first-order valence-electron chi connectivity index (χ1n) is 13.8. The van der Waals surface area contributed by atoms with Crippen LogP contribution < -0.4 is 9.64 Å². The highest BCUT2D eigenvalue weighted by atomic mass is 35.5. The van der Waals surface area contributed by atoms with Crippen LogP contribution in [-0.4, -0.2) is 69.8 Å². The largest absolute Gasteiger partial charge is 0.487 e. The molecule has 5 rings (SSSR count). The lowest BCUT2D eigenvalue weighted by molar-refractivity contribution is -0.136. The number of benzene rings is 2. The fourth-order valence-corrected chi connectivity index (χ4v) is 6.59. The Labute approximate surface area is 250 Å². The number of halogens is 1. The molecule has 0 unspecified atom stereocenters. The van der Waals surface area contributed by atoms with Crippen molar-refractivity contribution < 1.29 is 14.6 Å². The molecule has 0 spiro atoms. The SMILES string of the molecule is Cc1cc2nc(-c3ccnc(N4CCC(N(C)C)CC4)n3)sc2c(-c2ccc(Cl)cc2OC(C)(C)C)c1CC(=O)O. The molecule has 4 aromatic rings. The number of hydrogen-bond donors (Lipinski definition) is 1. The van der Waals surface area contributed by atoms with Crippen LogP contribution in [0.2, 0.25) is 5.02 Å². The molecule has 0 saturated carbocycles. The minimum atomic E-state index is -0.899. The summed E-state index contributed by atoms with van der Waals surface area (Å²) in [5, 5.41) is 11.1. The van der Waals surface area contributed by atoms with Gasteiger partial charge >= 0.3 is 5.97 Å². The molecule has 2 aromatic heterocycles. The number of ether oxygens (including phenoxy) is 1. The van der Waals surface area contributed by atoms with Crippen molar-refractivity contribution in [2.45, 2.75) is 58.6 Å². The van der Waals surface area contributed by atoms with Crippen LogP contribution in [0.15, 0.2) is 36.5 Å². The van der Waals surface area contributed by atoms with Gasteiger partial charge in [0.15, 0.2) is 0 Å². The molecule has 1 saturated heterocycles. The third kappa shape index (κ3) is 6.47. The number of carboxylic acids is 1. The molecule has 2 aromatic carbocycles. The minimum absolute atomic E-state index is 0.123. The van der Waals surface area contributed by atoms with Gasteiger partial charge < -0.3 is 19.6 Å². The Morgan fingerprint density at radius 1 is 1.17 bits per heavy atom. The lowest BCUT2D eigenvalue weighted by atomic mass is 9.92. The van der Waals surface area contributed by atoms with Crippen LogP contribution in [-0.2, 0) is 11.2 Å². The standard InChI is InChI=1S/C31H36ClN5O3S/c1-18-15-24-28(27(22(18)17-26(38)39)21-8-7-19(32)16-25(21)40-31(2,3)4)41-29(34-24)23-9-12-33-30(35-23)37-13-10-20(11-14-37)36(5)6/h7-9,12,15-16,20H,10-11,13-14,17H2,1-6H3,(H,38,39). The highest BCUT2D eigenvalue weighted by Crippen LogP contribution is 2.45. The topological polar surface area (TPSA) is 91.7 Å². The average Bonchev–Trinajstić information content (AvgIpc) is 3.32. The second-order valence-corrected chi connectivity index (χ2v) is 13.2.